The van der Waals surface area contributed by atoms with Crippen LogP contribution in [-0.4, -0.2) is 20.2 Å². The Labute approximate surface area is 179 Å². The summed E-state index contributed by atoms with van der Waals surface area (Å²) in [7, 11) is 0. The fraction of sp³-hybridized carbons (Fsp3) is 0.348. The second-order valence-electron chi connectivity index (χ2n) is 8.68. The van der Waals surface area contributed by atoms with E-state index in [1.165, 1.54) is 10.9 Å². The van der Waals surface area contributed by atoms with E-state index in [0.29, 0.717) is 16.9 Å². The second-order valence-corrected chi connectivity index (χ2v) is 8.68. The van der Waals surface area contributed by atoms with Gasteiger partial charge < -0.3 is 20.3 Å². The summed E-state index contributed by atoms with van der Waals surface area (Å²) in [5, 5.41) is 16.9. The maximum Gasteiger partial charge on any atom is 0.416 e. The Balaban J connectivity index is 1.94. The topological polar surface area (TPSA) is 62.1 Å². The van der Waals surface area contributed by atoms with E-state index < -0.39 is 18.0 Å². The molecule has 3 aromatic rings. The van der Waals surface area contributed by atoms with Gasteiger partial charge in [0.05, 0.1) is 17.6 Å². The van der Waals surface area contributed by atoms with Crippen LogP contribution in [0.3, 0.4) is 0 Å². The van der Waals surface area contributed by atoms with E-state index >= 15 is 0 Å². The Morgan fingerprint density at radius 1 is 1.03 bits per heavy atom. The molecule has 31 heavy (non-hydrogen) atoms. The fourth-order valence-corrected chi connectivity index (χ4v) is 3.16. The van der Waals surface area contributed by atoms with Gasteiger partial charge in [0.1, 0.15) is 0 Å². The summed E-state index contributed by atoms with van der Waals surface area (Å²) in [4.78, 5) is 4.08. The lowest BCUT2D eigenvalue weighted by molar-refractivity contribution is -0.137. The third-order valence-electron chi connectivity index (χ3n) is 4.65. The first-order chi connectivity index (χ1) is 14.3. The molecule has 0 aliphatic carbocycles. The van der Waals surface area contributed by atoms with Crippen LogP contribution >= 0.6 is 0 Å². The third-order valence-corrected chi connectivity index (χ3v) is 4.65. The maximum atomic E-state index is 13.5. The smallest absolute Gasteiger partial charge is 0.380 e. The standard InChI is InChI=1S/C23H27F3N4O/c1-14-6-7-16(8-20(14)29-22(3,4)5)21(31)28-18-9-17(23(24,25)26)10-19(11-18)30-12-15(2)27-13-30/h6-13,21,28-29,31H,1-5H3. The highest BCUT2D eigenvalue weighted by atomic mass is 19.4. The molecular formula is C23H27F3N4O. The molecule has 0 saturated carbocycles. The molecule has 3 rings (SSSR count). The van der Waals surface area contributed by atoms with E-state index in [-0.39, 0.29) is 11.2 Å². The van der Waals surface area contributed by atoms with Crippen LogP contribution in [0.25, 0.3) is 5.69 Å². The van der Waals surface area contributed by atoms with Crippen molar-refractivity contribution in [2.45, 2.75) is 52.6 Å². The van der Waals surface area contributed by atoms with Gasteiger partial charge in [0, 0.05) is 34.4 Å². The van der Waals surface area contributed by atoms with E-state index in [0.717, 1.165) is 23.4 Å². The number of hydrogen-bond donors (Lipinski definition) is 3. The largest absolute Gasteiger partial charge is 0.416 e. The van der Waals surface area contributed by atoms with Crippen LogP contribution < -0.4 is 10.6 Å². The van der Waals surface area contributed by atoms with Gasteiger partial charge in [0.2, 0.25) is 0 Å². The average Bonchev–Trinajstić information content (AvgIpc) is 3.08. The van der Waals surface area contributed by atoms with Crippen molar-refractivity contribution in [2.24, 2.45) is 0 Å². The normalized spacial score (nSPS) is 13.2. The molecule has 0 amide bonds. The lowest BCUT2D eigenvalue weighted by atomic mass is 10.0. The van der Waals surface area contributed by atoms with Crippen molar-refractivity contribution in [2.75, 3.05) is 10.6 Å². The van der Waals surface area contributed by atoms with E-state index in [1.54, 1.807) is 31.3 Å². The lowest BCUT2D eigenvalue weighted by Gasteiger charge is -2.25. The molecule has 1 aromatic heterocycles. The summed E-state index contributed by atoms with van der Waals surface area (Å²) < 4.78 is 41.9. The van der Waals surface area contributed by atoms with Crippen molar-refractivity contribution in [3.8, 4) is 5.69 Å². The molecule has 0 spiro atoms. The Morgan fingerprint density at radius 2 is 1.74 bits per heavy atom. The van der Waals surface area contributed by atoms with E-state index in [9.17, 15) is 18.3 Å². The molecule has 0 fully saturated rings. The Morgan fingerprint density at radius 3 is 2.32 bits per heavy atom. The zero-order valence-corrected chi connectivity index (χ0v) is 18.2. The summed E-state index contributed by atoms with van der Waals surface area (Å²) in [6.45, 7) is 9.78. The average molecular weight is 432 g/mol. The second kappa shape index (κ2) is 8.26. The quantitative estimate of drug-likeness (QED) is 0.445. The number of alkyl halides is 3. The number of aliphatic hydroxyl groups excluding tert-OH is 1. The summed E-state index contributed by atoms with van der Waals surface area (Å²) in [5.74, 6) is 0. The predicted octanol–water partition coefficient (Wildman–Crippen LogP) is 5.82. The number of aryl methyl sites for hydroxylation is 2. The van der Waals surface area contributed by atoms with Crippen LogP contribution in [0.1, 0.15) is 49.4 Å². The molecule has 0 radical (unpaired) electrons. The highest BCUT2D eigenvalue weighted by Gasteiger charge is 2.31. The van der Waals surface area contributed by atoms with Crippen LogP contribution in [0.5, 0.6) is 0 Å². The van der Waals surface area contributed by atoms with E-state index in [1.807, 2.05) is 33.8 Å². The van der Waals surface area contributed by atoms with Gasteiger partial charge >= 0.3 is 6.18 Å². The molecule has 5 nitrogen and oxygen atoms in total. The molecule has 2 aromatic carbocycles. The predicted molar refractivity (Wildman–Crippen MR) is 116 cm³/mol. The van der Waals surface area contributed by atoms with Gasteiger partial charge in [-0.3, -0.25) is 0 Å². The van der Waals surface area contributed by atoms with Crippen LogP contribution in [0.2, 0.25) is 0 Å². The molecule has 0 aliphatic rings. The van der Waals surface area contributed by atoms with E-state index in [4.69, 9.17) is 0 Å². The Bertz CT molecular complexity index is 1070. The summed E-state index contributed by atoms with van der Waals surface area (Å²) >= 11 is 0. The van der Waals surface area contributed by atoms with Gasteiger partial charge in [-0.15, -0.1) is 0 Å². The minimum Gasteiger partial charge on any atom is -0.380 e. The van der Waals surface area contributed by atoms with Crippen molar-refractivity contribution in [1.82, 2.24) is 9.55 Å². The SMILES string of the molecule is Cc1cn(-c2cc(NC(O)c3ccc(C)c(NC(C)(C)C)c3)cc(C(F)(F)F)c2)cn1. The highest BCUT2D eigenvalue weighted by Crippen LogP contribution is 2.34. The fourth-order valence-electron chi connectivity index (χ4n) is 3.16. The monoisotopic (exact) mass is 432 g/mol. The first-order valence-corrected chi connectivity index (χ1v) is 9.88. The van der Waals surface area contributed by atoms with Crippen molar-refractivity contribution in [1.29, 1.82) is 0 Å². The first-order valence-electron chi connectivity index (χ1n) is 9.88. The van der Waals surface area contributed by atoms with Crippen molar-refractivity contribution in [3.05, 3.63) is 71.3 Å². The number of nitrogens with zero attached hydrogens (tertiary/aromatic N) is 2. The molecule has 1 atom stereocenters. The number of hydrogen-bond acceptors (Lipinski definition) is 4. The number of aliphatic hydroxyl groups is 1. The van der Waals surface area contributed by atoms with Crippen LogP contribution in [0.4, 0.5) is 24.5 Å². The Hall–Kier alpha value is -3.00. The molecule has 8 heteroatoms. The van der Waals surface area contributed by atoms with Gasteiger partial charge in [-0.1, -0.05) is 12.1 Å². The number of rotatable bonds is 5. The molecule has 0 aliphatic heterocycles. The molecule has 0 bridgehead atoms. The molecule has 1 heterocycles. The lowest BCUT2D eigenvalue weighted by Crippen LogP contribution is -2.26. The number of anilines is 2. The van der Waals surface area contributed by atoms with Crippen molar-refractivity contribution in [3.63, 3.8) is 0 Å². The number of nitrogens with one attached hydrogen (secondary N) is 2. The van der Waals surface area contributed by atoms with Gasteiger partial charge in [-0.25, -0.2) is 4.98 Å². The van der Waals surface area contributed by atoms with Gasteiger partial charge in [0.15, 0.2) is 6.23 Å². The summed E-state index contributed by atoms with van der Waals surface area (Å²) in [5.41, 5.74) is 2.52. The highest BCUT2D eigenvalue weighted by molar-refractivity contribution is 5.58. The number of aromatic nitrogens is 2. The van der Waals surface area contributed by atoms with Gasteiger partial charge in [0.25, 0.3) is 0 Å². The summed E-state index contributed by atoms with van der Waals surface area (Å²) in [6.07, 6.45) is -2.63. The molecular weight excluding hydrogens is 405 g/mol. The third kappa shape index (κ3) is 5.79. The van der Waals surface area contributed by atoms with Crippen LogP contribution in [0.15, 0.2) is 48.9 Å². The molecule has 166 valence electrons. The number of imidazole rings is 1. The van der Waals surface area contributed by atoms with Crippen LogP contribution in [-0.2, 0) is 6.18 Å². The molecule has 3 N–H and O–H groups in total. The molecule has 0 saturated heterocycles. The number of halogens is 3. The van der Waals surface area contributed by atoms with Crippen LogP contribution in [0, 0.1) is 13.8 Å². The minimum atomic E-state index is -4.53. The zero-order valence-electron chi connectivity index (χ0n) is 18.2. The zero-order chi connectivity index (χ0) is 23.0. The van der Waals surface area contributed by atoms with Gasteiger partial charge in [-0.2, -0.15) is 13.2 Å². The summed E-state index contributed by atoms with van der Waals surface area (Å²) in [6, 6.07) is 8.98. The first kappa shape index (κ1) is 22.7. The Kier molecular flexibility index (Phi) is 6.04. The number of benzene rings is 2. The van der Waals surface area contributed by atoms with Crippen molar-refractivity contribution < 1.29 is 18.3 Å². The van der Waals surface area contributed by atoms with Crippen molar-refractivity contribution >= 4 is 11.4 Å². The maximum absolute atomic E-state index is 13.5. The minimum absolute atomic E-state index is 0.148. The molecule has 1 unspecified atom stereocenters. The van der Waals surface area contributed by atoms with Gasteiger partial charge in [-0.05, 0) is 64.4 Å². The van der Waals surface area contributed by atoms with E-state index in [2.05, 4.69) is 15.6 Å².